The minimum Gasteiger partial charge on any atom is -0.481 e. The number of benzene rings is 2. The van der Waals surface area contributed by atoms with Crippen LogP contribution in [-0.2, 0) is 9.53 Å². The predicted molar refractivity (Wildman–Crippen MR) is 120 cm³/mol. The minimum absolute atomic E-state index is 0.284. The third-order valence-corrected chi connectivity index (χ3v) is 5.66. The molecule has 0 radical (unpaired) electrons. The maximum Gasteiger partial charge on any atom is 0.338 e. The topological polar surface area (TPSA) is 48.4 Å². The van der Waals surface area contributed by atoms with Crippen LogP contribution in [0.5, 0.6) is 5.88 Å². The van der Waals surface area contributed by atoms with Crippen molar-refractivity contribution < 1.29 is 14.3 Å². The molecule has 1 aliphatic carbocycles. The Hall–Kier alpha value is -3.14. The molecule has 0 saturated heterocycles. The lowest BCUT2D eigenvalue weighted by molar-refractivity contribution is -0.136. The predicted octanol–water partition coefficient (Wildman–Crippen LogP) is 6.19. The number of methoxy groups -OCH3 is 1. The van der Waals surface area contributed by atoms with Crippen LogP contribution in [0.1, 0.15) is 44.6 Å². The monoisotopic (exact) mass is 401 g/mol. The van der Waals surface area contributed by atoms with Crippen LogP contribution in [0, 0.1) is 0 Å². The molecule has 0 spiro atoms. The van der Waals surface area contributed by atoms with Crippen LogP contribution >= 0.6 is 0 Å². The standard InChI is InChI=1S/C26H27NO3/c1-3-30-26(28)24(19-10-5-4-6-11-19)22-15-16-23(27-25(22)29-2)21-14-13-18-9-7-8-12-20(18)17-21/h7-9,12-17H,3-6,10-11H2,1-2H3. The van der Waals surface area contributed by atoms with E-state index in [0.717, 1.165) is 53.5 Å². The number of carbonyl (C=O) groups is 1. The summed E-state index contributed by atoms with van der Waals surface area (Å²) in [7, 11) is 1.60. The molecular weight excluding hydrogens is 374 g/mol. The number of rotatable bonds is 5. The summed E-state index contributed by atoms with van der Waals surface area (Å²) < 4.78 is 11.0. The van der Waals surface area contributed by atoms with E-state index in [-0.39, 0.29) is 5.97 Å². The molecule has 0 atom stereocenters. The van der Waals surface area contributed by atoms with Gasteiger partial charge in [0.1, 0.15) is 0 Å². The summed E-state index contributed by atoms with van der Waals surface area (Å²) in [5.74, 6) is 0.176. The molecule has 0 N–H and O–H groups in total. The molecule has 4 rings (SSSR count). The van der Waals surface area contributed by atoms with Crippen LogP contribution < -0.4 is 4.74 Å². The van der Waals surface area contributed by atoms with E-state index >= 15 is 0 Å². The van der Waals surface area contributed by atoms with Crippen molar-refractivity contribution in [2.75, 3.05) is 13.7 Å². The molecule has 3 aromatic rings. The second kappa shape index (κ2) is 9.12. The first-order valence-electron chi connectivity index (χ1n) is 10.6. The molecule has 1 saturated carbocycles. The third kappa shape index (κ3) is 4.09. The van der Waals surface area contributed by atoms with Crippen molar-refractivity contribution in [1.82, 2.24) is 4.98 Å². The lowest BCUT2D eigenvalue weighted by atomic mass is 9.88. The van der Waals surface area contributed by atoms with Crippen LogP contribution in [0.3, 0.4) is 0 Å². The summed E-state index contributed by atoms with van der Waals surface area (Å²) in [5, 5.41) is 2.35. The molecule has 0 unspecified atom stereocenters. The van der Waals surface area contributed by atoms with Crippen LogP contribution in [0.15, 0.2) is 60.2 Å². The molecule has 1 aliphatic rings. The van der Waals surface area contributed by atoms with Crippen molar-refractivity contribution in [3.63, 3.8) is 0 Å². The quantitative estimate of drug-likeness (QED) is 0.378. The second-order valence-corrected chi connectivity index (χ2v) is 7.57. The van der Waals surface area contributed by atoms with E-state index in [0.29, 0.717) is 18.1 Å². The van der Waals surface area contributed by atoms with E-state index in [1.807, 2.05) is 31.2 Å². The van der Waals surface area contributed by atoms with E-state index in [1.54, 1.807) is 7.11 Å². The zero-order valence-electron chi connectivity index (χ0n) is 17.6. The highest BCUT2D eigenvalue weighted by Crippen LogP contribution is 2.36. The molecule has 30 heavy (non-hydrogen) atoms. The van der Waals surface area contributed by atoms with Gasteiger partial charge in [-0.15, -0.1) is 0 Å². The molecular formula is C26H27NO3. The SMILES string of the molecule is CCOC(=O)C(=C1CCCCC1)c1ccc(-c2ccc3ccccc3c2)nc1OC. The number of hydrogen-bond acceptors (Lipinski definition) is 4. The number of carbonyl (C=O) groups excluding carboxylic acids is 1. The van der Waals surface area contributed by atoms with E-state index < -0.39 is 0 Å². The summed E-state index contributed by atoms with van der Waals surface area (Å²) in [5.41, 5.74) is 4.33. The minimum atomic E-state index is -0.284. The first kappa shape index (κ1) is 20.1. The number of hydrogen-bond donors (Lipinski definition) is 0. The summed E-state index contributed by atoms with van der Waals surface area (Å²) in [4.78, 5) is 17.6. The Kier molecular flexibility index (Phi) is 6.12. The normalized spacial score (nSPS) is 13.9. The van der Waals surface area contributed by atoms with Crippen LogP contribution in [-0.4, -0.2) is 24.7 Å². The van der Waals surface area contributed by atoms with E-state index in [4.69, 9.17) is 14.5 Å². The van der Waals surface area contributed by atoms with Gasteiger partial charge in [-0.25, -0.2) is 9.78 Å². The molecule has 1 heterocycles. The Labute approximate surface area is 177 Å². The maximum atomic E-state index is 12.8. The highest BCUT2D eigenvalue weighted by molar-refractivity contribution is 6.18. The van der Waals surface area contributed by atoms with Gasteiger partial charge in [0.2, 0.25) is 5.88 Å². The maximum absolute atomic E-state index is 12.8. The van der Waals surface area contributed by atoms with Crippen molar-refractivity contribution in [2.45, 2.75) is 39.0 Å². The first-order valence-corrected chi connectivity index (χ1v) is 10.6. The van der Waals surface area contributed by atoms with Crippen LogP contribution in [0.2, 0.25) is 0 Å². The molecule has 1 aromatic heterocycles. The van der Waals surface area contributed by atoms with E-state index in [2.05, 4.69) is 30.3 Å². The van der Waals surface area contributed by atoms with Crippen LogP contribution in [0.25, 0.3) is 27.6 Å². The first-order chi connectivity index (χ1) is 14.7. The summed E-state index contributed by atoms with van der Waals surface area (Å²) >= 11 is 0. The van der Waals surface area contributed by atoms with Gasteiger partial charge in [0.05, 0.1) is 30.5 Å². The lowest BCUT2D eigenvalue weighted by Gasteiger charge is -2.20. The number of ether oxygens (including phenoxy) is 2. The van der Waals surface area contributed by atoms with Crippen molar-refractivity contribution in [3.05, 3.63) is 65.7 Å². The fourth-order valence-electron chi connectivity index (χ4n) is 4.17. The van der Waals surface area contributed by atoms with Gasteiger partial charge >= 0.3 is 5.97 Å². The molecule has 154 valence electrons. The molecule has 0 bridgehead atoms. The zero-order chi connectivity index (χ0) is 20.9. The second-order valence-electron chi connectivity index (χ2n) is 7.57. The van der Waals surface area contributed by atoms with Gasteiger partial charge in [0.25, 0.3) is 0 Å². The highest BCUT2D eigenvalue weighted by atomic mass is 16.5. The van der Waals surface area contributed by atoms with Gasteiger partial charge in [0.15, 0.2) is 0 Å². The fraction of sp³-hybridized carbons (Fsp3) is 0.308. The highest BCUT2D eigenvalue weighted by Gasteiger charge is 2.24. The van der Waals surface area contributed by atoms with E-state index in [9.17, 15) is 4.79 Å². The molecule has 0 amide bonds. The fourth-order valence-corrected chi connectivity index (χ4v) is 4.17. The Morgan fingerprint density at radius 2 is 1.73 bits per heavy atom. The van der Waals surface area contributed by atoms with Gasteiger partial charge in [0, 0.05) is 5.56 Å². The molecule has 1 fully saturated rings. The Bertz CT molecular complexity index is 1090. The molecule has 4 heteroatoms. The molecule has 0 aliphatic heterocycles. The average Bonchev–Trinajstić information content (AvgIpc) is 2.80. The van der Waals surface area contributed by atoms with Crippen molar-refractivity contribution in [1.29, 1.82) is 0 Å². The smallest absolute Gasteiger partial charge is 0.338 e. The van der Waals surface area contributed by atoms with Crippen molar-refractivity contribution >= 4 is 22.3 Å². The third-order valence-electron chi connectivity index (χ3n) is 5.66. The Morgan fingerprint density at radius 1 is 0.967 bits per heavy atom. The van der Waals surface area contributed by atoms with Crippen LogP contribution in [0.4, 0.5) is 0 Å². The van der Waals surface area contributed by atoms with E-state index in [1.165, 1.54) is 11.8 Å². The van der Waals surface area contributed by atoms with Crippen molar-refractivity contribution in [3.8, 4) is 17.1 Å². The van der Waals surface area contributed by atoms with Gasteiger partial charge in [-0.3, -0.25) is 0 Å². The Morgan fingerprint density at radius 3 is 2.47 bits per heavy atom. The van der Waals surface area contributed by atoms with Gasteiger partial charge in [-0.2, -0.15) is 0 Å². The largest absolute Gasteiger partial charge is 0.481 e. The number of esters is 1. The number of nitrogens with zero attached hydrogens (tertiary/aromatic N) is 1. The van der Waals surface area contributed by atoms with Gasteiger partial charge in [-0.1, -0.05) is 48.4 Å². The van der Waals surface area contributed by atoms with Gasteiger partial charge < -0.3 is 9.47 Å². The summed E-state index contributed by atoms with van der Waals surface area (Å²) in [6.07, 6.45) is 5.25. The average molecular weight is 402 g/mol. The number of pyridine rings is 1. The zero-order valence-corrected chi connectivity index (χ0v) is 17.6. The summed E-state index contributed by atoms with van der Waals surface area (Å²) in [6.45, 7) is 2.18. The molecule has 4 nitrogen and oxygen atoms in total. The summed E-state index contributed by atoms with van der Waals surface area (Å²) in [6, 6.07) is 18.5. The lowest BCUT2D eigenvalue weighted by Crippen LogP contribution is -2.12. The number of fused-ring (bicyclic) bond motifs is 1. The molecule has 2 aromatic carbocycles. The van der Waals surface area contributed by atoms with Crippen molar-refractivity contribution in [2.24, 2.45) is 0 Å². The van der Waals surface area contributed by atoms with Gasteiger partial charge in [-0.05, 0) is 61.6 Å². The Balaban J connectivity index is 1.79. The number of allylic oxidation sites excluding steroid dienone is 1. The number of aromatic nitrogens is 1.